The zero-order valence-corrected chi connectivity index (χ0v) is 10.9. The fourth-order valence-corrected chi connectivity index (χ4v) is 1.58. The molecule has 5 heteroatoms. The van der Waals surface area contributed by atoms with E-state index in [-0.39, 0.29) is 0 Å². The monoisotopic (exact) mass is 240 g/mol. The lowest BCUT2D eigenvalue weighted by Gasteiger charge is -2.13. The van der Waals surface area contributed by atoms with Gasteiger partial charge >= 0.3 is 0 Å². The van der Waals surface area contributed by atoms with Gasteiger partial charge in [0.15, 0.2) is 0 Å². The smallest absolute Gasteiger partial charge is 0.0615 e. The third-order valence-corrected chi connectivity index (χ3v) is 2.61. The molecule has 1 aromatic rings. The van der Waals surface area contributed by atoms with Crippen LogP contribution in [0.1, 0.15) is 19.4 Å². The molecule has 0 fully saturated rings. The van der Waals surface area contributed by atoms with Gasteiger partial charge in [-0.1, -0.05) is 0 Å². The molecule has 98 valence electrons. The van der Waals surface area contributed by atoms with Gasteiger partial charge in [0.1, 0.15) is 0 Å². The molecule has 1 heterocycles. The topological polar surface area (TPSA) is 51.1 Å². The van der Waals surface area contributed by atoms with Gasteiger partial charge in [-0.05, 0) is 32.5 Å². The Bertz CT molecular complexity index is 263. The van der Waals surface area contributed by atoms with Crippen molar-refractivity contribution < 1.29 is 4.74 Å². The molecule has 0 spiro atoms. The van der Waals surface area contributed by atoms with E-state index in [1.54, 1.807) is 7.11 Å². The van der Waals surface area contributed by atoms with Crippen molar-refractivity contribution in [1.82, 2.24) is 20.4 Å². The molecule has 0 saturated heterocycles. The summed E-state index contributed by atoms with van der Waals surface area (Å²) in [7, 11) is 1.72. The van der Waals surface area contributed by atoms with Crippen LogP contribution in [0.25, 0.3) is 0 Å². The minimum absolute atomic E-state index is 0.409. The third-order valence-electron chi connectivity index (χ3n) is 2.61. The highest BCUT2D eigenvalue weighted by molar-refractivity contribution is 4.80. The average molecular weight is 240 g/mol. The zero-order chi connectivity index (χ0) is 12.3. The number of aromatic nitrogens is 2. The van der Waals surface area contributed by atoms with Crippen LogP contribution in [0.3, 0.4) is 0 Å². The van der Waals surface area contributed by atoms with Crippen molar-refractivity contribution in [2.24, 2.45) is 0 Å². The third kappa shape index (κ3) is 6.41. The van der Waals surface area contributed by atoms with Crippen molar-refractivity contribution >= 4 is 0 Å². The summed E-state index contributed by atoms with van der Waals surface area (Å²) in [5.74, 6) is 0. The van der Waals surface area contributed by atoms with Crippen LogP contribution < -0.4 is 10.6 Å². The van der Waals surface area contributed by atoms with Gasteiger partial charge in [0.25, 0.3) is 0 Å². The second kappa shape index (κ2) is 9.15. The molecule has 1 atom stereocenters. The van der Waals surface area contributed by atoms with Gasteiger partial charge in [0.2, 0.25) is 0 Å². The number of hydrogen-bond acceptors (Lipinski definition) is 4. The summed E-state index contributed by atoms with van der Waals surface area (Å²) in [6.07, 6.45) is 4.95. The zero-order valence-electron chi connectivity index (χ0n) is 10.9. The molecular formula is C12H24N4O. The number of rotatable bonds is 10. The number of methoxy groups -OCH3 is 1. The van der Waals surface area contributed by atoms with Crippen LogP contribution in [0.15, 0.2) is 18.5 Å². The Kier molecular flexibility index (Phi) is 7.62. The van der Waals surface area contributed by atoms with E-state index >= 15 is 0 Å². The molecular weight excluding hydrogens is 216 g/mol. The lowest BCUT2D eigenvalue weighted by Crippen LogP contribution is -2.28. The summed E-state index contributed by atoms with van der Waals surface area (Å²) in [6, 6.07) is 2.36. The van der Waals surface area contributed by atoms with Crippen LogP contribution in [-0.4, -0.2) is 49.7 Å². The van der Waals surface area contributed by atoms with E-state index in [1.165, 1.54) is 0 Å². The minimum Gasteiger partial charge on any atom is -0.383 e. The molecule has 0 saturated carbocycles. The highest BCUT2D eigenvalue weighted by Crippen LogP contribution is 2.00. The molecule has 17 heavy (non-hydrogen) atoms. The second-order valence-electron chi connectivity index (χ2n) is 4.14. The van der Waals surface area contributed by atoms with Gasteiger partial charge in [-0.2, -0.15) is 5.10 Å². The van der Waals surface area contributed by atoms with Gasteiger partial charge in [0.05, 0.1) is 12.6 Å². The van der Waals surface area contributed by atoms with Crippen LogP contribution in [0.4, 0.5) is 0 Å². The van der Waals surface area contributed by atoms with Crippen molar-refractivity contribution in [2.75, 3.05) is 39.9 Å². The van der Waals surface area contributed by atoms with Crippen molar-refractivity contribution in [2.45, 2.75) is 19.4 Å². The van der Waals surface area contributed by atoms with Crippen LogP contribution in [0.2, 0.25) is 0 Å². The quantitative estimate of drug-likeness (QED) is 0.590. The van der Waals surface area contributed by atoms with E-state index in [0.717, 1.165) is 39.2 Å². The summed E-state index contributed by atoms with van der Waals surface area (Å²) in [4.78, 5) is 0. The fourth-order valence-electron chi connectivity index (χ4n) is 1.58. The predicted molar refractivity (Wildman–Crippen MR) is 69.2 cm³/mol. The molecule has 1 unspecified atom stereocenters. The molecule has 0 aromatic carbocycles. The first kappa shape index (κ1) is 14.2. The van der Waals surface area contributed by atoms with Crippen molar-refractivity contribution in [3.8, 4) is 0 Å². The summed E-state index contributed by atoms with van der Waals surface area (Å²) >= 11 is 0. The molecule has 0 aliphatic carbocycles. The van der Waals surface area contributed by atoms with Gasteiger partial charge in [-0.3, -0.25) is 4.68 Å². The Morgan fingerprint density at radius 3 is 2.82 bits per heavy atom. The molecule has 0 bridgehead atoms. The Morgan fingerprint density at radius 2 is 2.12 bits per heavy atom. The minimum atomic E-state index is 0.409. The molecule has 5 nitrogen and oxygen atoms in total. The Morgan fingerprint density at radius 1 is 1.29 bits per heavy atom. The Hall–Kier alpha value is -0.910. The SMILES string of the molecule is COCCNCCCNCC(C)n1cccn1. The van der Waals surface area contributed by atoms with Gasteiger partial charge < -0.3 is 15.4 Å². The maximum atomic E-state index is 4.95. The van der Waals surface area contributed by atoms with E-state index in [4.69, 9.17) is 4.74 Å². The van der Waals surface area contributed by atoms with Gasteiger partial charge in [-0.25, -0.2) is 0 Å². The maximum absolute atomic E-state index is 4.95. The first-order chi connectivity index (χ1) is 8.34. The van der Waals surface area contributed by atoms with E-state index < -0.39 is 0 Å². The Balaban J connectivity index is 1.90. The van der Waals surface area contributed by atoms with E-state index in [2.05, 4.69) is 22.7 Å². The molecule has 0 amide bonds. The molecule has 2 N–H and O–H groups in total. The number of hydrogen-bond donors (Lipinski definition) is 2. The number of nitrogens with zero attached hydrogens (tertiary/aromatic N) is 2. The largest absolute Gasteiger partial charge is 0.383 e. The first-order valence-corrected chi connectivity index (χ1v) is 6.24. The lowest BCUT2D eigenvalue weighted by atomic mass is 10.3. The summed E-state index contributed by atoms with van der Waals surface area (Å²) in [6.45, 7) is 6.90. The fraction of sp³-hybridized carbons (Fsp3) is 0.750. The summed E-state index contributed by atoms with van der Waals surface area (Å²) < 4.78 is 6.93. The molecule has 1 aromatic heterocycles. The van der Waals surface area contributed by atoms with Crippen molar-refractivity contribution in [3.63, 3.8) is 0 Å². The first-order valence-electron chi connectivity index (χ1n) is 6.24. The molecule has 1 rings (SSSR count). The van der Waals surface area contributed by atoms with E-state index in [0.29, 0.717) is 6.04 Å². The van der Waals surface area contributed by atoms with Crippen LogP contribution in [0, 0.1) is 0 Å². The summed E-state index contributed by atoms with van der Waals surface area (Å²) in [5, 5.41) is 11.0. The molecule has 0 aliphatic heterocycles. The normalized spacial score (nSPS) is 12.8. The Labute approximate surface area is 104 Å². The predicted octanol–water partition coefficient (Wildman–Crippen LogP) is 0.660. The highest BCUT2D eigenvalue weighted by Gasteiger charge is 2.02. The van der Waals surface area contributed by atoms with Crippen molar-refractivity contribution in [1.29, 1.82) is 0 Å². The van der Waals surface area contributed by atoms with E-state index in [1.807, 2.05) is 23.1 Å². The van der Waals surface area contributed by atoms with Crippen LogP contribution in [0.5, 0.6) is 0 Å². The maximum Gasteiger partial charge on any atom is 0.0615 e. The van der Waals surface area contributed by atoms with Gasteiger partial charge in [0, 0.05) is 32.6 Å². The standard InChI is InChI=1S/C12H24N4O/c1-12(16-9-4-7-15-16)11-14-6-3-5-13-8-10-17-2/h4,7,9,12-14H,3,5-6,8,10-11H2,1-2H3. The molecule has 0 aliphatic rings. The lowest BCUT2D eigenvalue weighted by molar-refractivity contribution is 0.199. The second-order valence-corrected chi connectivity index (χ2v) is 4.14. The molecule has 0 radical (unpaired) electrons. The number of ether oxygens (including phenoxy) is 1. The highest BCUT2D eigenvalue weighted by atomic mass is 16.5. The van der Waals surface area contributed by atoms with Gasteiger partial charge in [-0.15, -0.1) is 0 Å². The van der Waals surface area contributed by atoms with Crippen molar-refractivity contribution in [3.05, 3.63) is 18.5 Å². The van der Waals surface area contributed by atoms with E-state index in [9.17, 15) is 0 Å². The van der Waals surface area contributed by atoms with Crippen LogP contribution in [-0.2, 0) is 4.74 Å². The van der Waals surface area contributed by atoms with Crippen LogP contribution >= 0.6 is 0 Å². The average Bonchev–Trinajstić information content (AvgIpc) is 2.86. The summed E-state index contributed by atoms with van der Waals surface area (Å²) in [5.41, 5.74) is 0. The number of nitrogens with one attached hydrogen (secondary N) is 2.